The quantitative estimate of drug-likeness (QED) is 0.772. The summed E-state index contributed by atoms with van der Waals surface area (Å²) in [5.74, 6) is 2.20. The molecule has 0 fully saturated rings. The predicted octanol–water partition coefficient (Wildman–Crippen LogP) is 2.45. The van der Waals surface area contributed by atoms with Crippen LogP contribution < -0.4 is 5.32 Å². The molecule has 0 amide bonds. The van der Waals surface area contributed by atoms with Crippen molar-refractivity contribution in [1.82, 2.24) is 19.5 Å². The Labute approximate surface area is 132 Å². The van der Waals surface area contributed by atoms with Gasteiger partial charge in [0.1, 0.15) is 5.82 Å². The van der Waals surface area contributed by atoms with E-state index in [1.165, 1.54) is 0 Å². The fourth-order valence-electron chi connectivity index (χ4n) is 1.77. The Morgan fingerprint density at radius 2 is 2.20 bits per heavy atom. The van der Waals surface area contributed by atoms with Crippen molar-refractivity contribution in [3.63, 3.8) is 0 Å². The minimum absolute atomic E-state index is 0.457. The molecule has 7 heteroatoms. The van der Waals surface area contributed by atoms with Gasteiger partial charge in [0, 0.05) is 33.1 Å². The number of aryl methyl sites for hydroxylation is 1. The van der Waals surface area contributed by atoms with Gasteiger partial charge < -0.3 is 14.6 Å². The van der Waals surface area contributed by atoms with Crippen LogP contribution in [0.15, 0.2) is 12.4 Å². The SMILES string of the molecule is CCCNc1nc(-c2nccn2C)nc(COC)c1I. The molecule has 2 aromatic heterocycles. The van der Waals surface area contributed by atoms with Crippen LogP contribution in [-0.2, 0) is 18.4 Å². The Kier molecular flexibility index (Phi) is 5.30. The Bertz CT molecular complexity index is 584. The maximum absolute atomic E-state index is 5.22. The van der Waals surface area contributed by atoms with Crippen molar-refractivity contribution in [2.24, 2.45) is 7.05 Å². The first-order chi connectivity index (χ1) is 9.67. The lowest BCUT2D eigenvalue weighted by molar-refractivity contribution is 0.181. The molecule has 0 bridgehead atoms. The third kappa shape index (κ3) is 3.26. The summed E-state index contributed by atoms with van der Waals surface area (Å²) >= 11 is 2.25. The molecular formula is C13H18IN5O. The molecular weight excluding hydrogens is 369 g/mol. The molecule has 0 atom stereocenters. The maximum Gasteiger partial charge on any atom is 0.198 e. The van der Waals surface area contributed by atoms with Crippen LogP contribution in [-0.4, -0.2) is 33.2 Å². The van der Waals surface area contributed by atoms with Gasteiger partial charge in [-0.05, 0) is 29.0 Å². The van der Waals surface area contributed by atoms with Gasteiger partial charge in [0.05, 0.1) is 15.9 Å². The Morgan fingerprint density at radius 1 is 1.40 bits per heavy atom. The summed E-state index contributed by atoms with van der Waals surface area (Å²) in [5, 5.41) is 3.33. The summed E-state index contributed by atoms with van der Waals surface area (Å²) in [6, 6.07) is 0. The standard InChI is InChI=1S/C13H18IN5O/c1-4-5-15-11-10(14)9(8-20-3)17-12(18-11)13-16-6-7-19(13)2/h6-7H,4-5,8H2,1-3H3,(H,15,17,18). The molecule has 0 saturated carbocycles. The van der Waals surface area contributed by atoms with E-state index >= 15 is 0 Å². The second kappa shape index (κ2) is 6.98. The van der Waals surface area contributed by atoms with Crippen LogP contribution in [0.25, 0.3) is 11.6 Å². The summed E-state index contributed by atoms with van der Waals surface area (Å²) in [5.41, 5.74) is 0.875. The summed E-state index contributed by atoms with van der Waals surface area (Å²) in [6.45, 7) is 3.45. The first-order valence-electron chi connectivity index (χ1n) is 6.44. The van der Waals surface area contributed by atoms with E-state index in [-0.39, 0.29) is 0 Å². The predicted molar refractivity (Wildman–Crippen MR) is 86.4 cm³/mol. The summed E-state index contributed by atoms with van der Waals surface area (Å²) in [7, 11) is 3.59. The number of rotatable bonds is 6. The number of hydrogen-bond donors (Lipinski definition) is 1. The lowest BCUT2D eigenvalue weighted by Gasteiger charge is -2.12. The molecule has 2 rings (SSSR count). The fraction of sp³-hybridized carbons (Fsp3) is 0.462. The van der Waals surface area contributed by atoms with E-state index < -0.39 is 0 Å². The zero-order valence-electron chi connectivity index (χ0n) is 11.9. The lowest BCUT2D eigenvalue weighted by Crippen LogP contribution is -2.10. The minimum Gasteiger partial charge on any atom is -0.378 e. The third-order valence-electron chi connectivity index (χ3n) is 2.76. The van der Waals surface area contributed by atoms with Crippen molar-refractivity contribution in [2.75, 3.05) is 19.0 Å². The number of halogens is 1. The van der Waals surface area contributed by atoms with Crippen LogP contribution in [0, 0.1) is 3.57 Å². The molecule has 2 heterocycles. The highest BCUT2D eigenvalue weighted by atomic mass is 127. The number of aromatic nitrogens is 4. The lowest BCUT2D eigenvalue weighted by atomic mass is 10.3. The molecule has 2 aromatic rings. The Morgan fingerprint density at radius 3 is 2.80 bits per heavy atom. The van der Waals surface area contributed by atoms with Gasteiger partial charge in [0.25, 0.3) is 0 Å². The largest absolute Gasteiger partial charge is 0.378 e. The number of imidazole rings is 1. The topological polar surface area (TPSA) is 64.9 Å². The highest BCUT2D eigenvalue weighted by Gasteiger charge is 2.15. The monoisotopic (exact) mass is 387 g/mol. The van der Waals surface area contributed by atoms with Crippen molar-refractivity contribution in [3.05, 3.63) is 21.7 Å². The van der Waals surface area contributed by atoms with E-state index in [1.54, 1.807) is 13.3 Å². The Hall–Kier alpha value is -1.22. The molecule has 6 nitrogen and oxygen atoms in total. The summed E-state index contributed by atoms with van der Waals surface area (Å²) < 4.78 is 8.12. The van der Waals surface area contributed by atoms with Crippen molar-refractivity contribution in [1.29, 1.82) is 0 Å². The van der Waals surface area contributed by atoms with E-state index in [0.717, 1.165) is 33.9 Å². The zero-order chi connectivity index (χ0) is 14.5. The molecule has 0 aromatic carbocycles. The van der Waals surface area contributed by atoms with Gasteiger partial charge in [0.2, 0.25) is 0 Å². The van der Waals surface area contributed by atoms with Crippen LogP contribution in [0.1, 0.15) is 19.0 Å². The normalized spacial score (nSPS) is 10.8. The average molecular weight is 387 g/mol. The van der Waals surface area contributed by atoms with Crippen molar-refractivity contribution in [2.45, 2.75) is 20.0 Å². The van der Waals surface area contributed by atoms with E-state index in [9.17, 15) is 0 Å². The molecule has 0 radical (unpaired) electrons. The molecule has 0 aliphatic rings. The molecule has 0 unspecified atom stereocenters. The van der Waals surface area contributed by atoms with Crippen molar-refractivity contribution < 1.29 is 4.74 Å². The highest BCUT2D eigenvalue weighted by molar-refractivity contribution is 14.1. The molecule has 0 aliphatic carbocycles. The van der Waals surface area contributed by atoms with E-state index in [0.29, 0.717) is 12.4 Å². The smallest absolute Gasteiger partial charge is 0.198 e. The number of nitrogens with one attached hydrogen (secondary N) is 1. The van der Waals surface area contributed by atoms with Crippen LogP contribution >= 0.6 is 22.6 Å². The second-order valence-electron chi connectivity index (χ2n) is 4.38. The van der Waals surface area contributed by atoms with Crippen LogP contribution in [0.3, 0.4) is 0 Å². The maximum atomic E-state index is 5.22. The first kappa shape index (κ1) is 15.2. The molecule has 20 heavy (non-hydrogen) atoms. The first-order valence-corrected chi connectivity index (χ1v) is 7.52. The molecule has 0 aliphatic heterocycles. The Balaban J connectivity index is 2.46. The van der Waals surface area contributed by atoms with Gasteiger partial charge in [-0.25, -0.2) is 15.0 Å². The van der Waals surface area contributed by atoms with Gasteiger partial charge in [-0.1, -0.05) is 6.92 Å². The summed E-state index contributed by atoms with van der Waals surface area (Å²) in [6.07, 6.45) is 4.66. The molecule has 1 N–H and O–H groups in total. The number of hydrogen-bond acceptors (Lipinski definition) is 5. The van der Waals surface area contributed by atoms with Crippen molar-refractivity contribution in [3.8, 4) is 11.6 Å². The number of nitrogens with zero attached hydrogens (tertiary/aromatic N) is 4. The van der Waals surface area contributed by atoms with E-state index in [1.807, 2.05) is 17.8 Å². The van der Waals surface area contributed by atoms with E-state index in [2.05, 4.69) is 49.8 Å². The van der Waals surface area contributed by atoms with E-state index in [4.69, 9.17) is 4.74 Å². The number of methoxy groups -OCH3 is 1. The van der Waals surface area contributed by atoms with Gasteiger partial charge in [-0.15, -0.1) is 0 Å². The van der Waals surface area contributed by atoms with Crippen LogP contribution in [0.5, 0.6) is 0 Å². The number of anilines is 1. The minimum atomic E-state index is 0.457. The van der Waals surface area contributed by atoms with Gasteiger partial charge in [-0.3, -0.25) is 0 Å². The molecule has 0 spiro atoms. The average Bonchev–Trinajstić information content (AvgIpc) is 2.86. The van der Waals surface area contributed by atoms with Crippen molar-refractivity contribution >= 4 is 28.4 Å². The van der Waals surface area contributed by atoms with Crippen LogP contribution in [0.2, 0.25) is 0 Å². The highest BCUT2D eigenvalue weighted by Crippen LogP contribution is 2.23. The van der Waals surface area contributed by atoms with Crippen LogP contribution in [0.4, 0.5) is 5.82 Å². The molecule has 0 saturated heterocycles. The molecule has 108 valence electrons. The third-order valence-corrected chi connectivity index (χ3v) is 3.90. The van der Waals surface area contributed by atoms with Gasteiger partial charge in [-0.2, -0.15) is 0 Å². The summed E-state index contributed by atoms with van der Waals surface area (Å²) in [4.78, 5) is 13.5. The van der Waals surface area contributed by atoms with Gasteiger partial charge >= 0.3 is 0 Å². The second-order valence-corrected chi connectivity index (χ2v) is 5.46. The fourth-order valence-corrected chi connectivity index (χ4v) is 2.36. The number of ether oxygens (including phenoxy) is 1. The van der Waals surface area contributed by atoms with Gasteiger partial charge in [0.15, 0.2) is 11.6 Å². The zero-order valence-corrected chi connectivity index (χ0v) is 14.0.